The van der Waals surface area contributed by atoms with Gasteiger partial charge in [-0.2, -0.15) is 0 Å². The molecule has 1 saturated carbocycles. The molecule has 18 heavy (non-hydrogen) atoms. The van der Waals surface area contributed by atoms with Crippen LogP contribution in [0.5, 0.6) is 0 Å². The molecule has 0 aliphatic heterocycles. The second kappa shape index (κ2) is 4.37. The van der Waals surface area contributed by atoms with E-state index in [0.717, 1.165) is 18.4 Å². The number of rotatable bonds is 4. The number of aromatic nitrogens is 1. The number of nitrogens with zero attached hydrogens (tertiary/aromatic N) is 1. The van der Waals surface area contributed by atoms with E-state index in [9.17, 15) is 4.79 Å². The lowest BCUT2D eigenvalue weighted by Gasteiger charge is -2.14. The molecule has 0 atom stereocenters. The molecule has 1 aromatic heterocycles. The van der Waals surface area contributed by atoms with E-state index in [1.807, 2.05) is 30.3 Å². The molecule has 0 N–H and O–H groups in total. The van der Waals surface area contributed by atoms with E-state index in [4.69, 9.17) is 0 Å². The highest BCUT2D eigenvalue weighted by molar-refractivity contribution is 5.94. The summed E-state index contributed by atoms with van der Waals surface area (Å²) in [4.78, 5) is 16.5. The van der Waals surface area contributed by atoms with Crippen LogP contribution in [0, 0.1) is 0 Å². The molecule has 0 saturated heterocycles. The van der Waals surface area contributed by atoms with Crippen molar-refractivity contribution in [3.8, 4) is 0 Å². The Hall–Kier alpha value is -1.96. The zero-order chi connectivity index (χ0) is 12.4. The first-order chi connectivity index (χ1) is 8.81. The predicted molar refractivity (Wildman–Crippen MR) is 70.3 cm³/mol. The van der Waals surface area contributed by atoms with E-state index in [0.29, 0.717) is 12.2 Å². The number of hydrogen-bond donors (Lipinski definition) is 0. The largest absolute Gasteiger partial charge is 0.298 e. The molecule has 0 amide bonds. The molecule has 90 valence electrons. The highest BCUT2D eigenvalue weighted by Crippen LogP contribution is 2.49. The smallest absolute Gasteiger partial charge is 0.147 e. The minimum atomic E-state index is -0.211. The number of hydrogen-bond acceptors (Lipinski definition) is 2. The maximum atomic E-state index is 12.5. The first-order valence-corrected chi connectivity index (χ1v) is 6.29. The maximum Gasteiger partial charge on any atom is 0.147 e. The topological polar surface area (TPSA) is 30.0 Å². The van der Waals surface area contributed by atoms with Gasteiger partial charge >= 0.3 is 0 Å². The monoisotopic (exact) mass is 237 g/mol. The summed E-state index contributed by atoms with van der Waals surface area (Å²) in [5.41, 5.74) is 1.96. The average molecular weight is 237 g/mol. The van der Waals surface area contributed by atoms with E-state index in [-0.39, 0.29) is 5.41 Å². The Morgan fingerprint density at radius 2 is 1.89 bits per heavy atom. The fraction of sp³-hybridized carbons (Fsp3) is 0.250. The van der Waals surface area contributed by atoms with Crippen molar-refractivity contribution in [2.24, 2.45) is 0 Å². The third-order valence-corrected chi connectivity index (χ3v) is 3.70. The van der Waals surface area contributed by atoms with Crippen molar-refractivity contribution in [2.45, 2.75) is 24.7 Å². The van der Waals surface area contributed by atoms with Crippen LogP contribution in [0.4, 0.5) is 0 Å². The van der Waals surface area contributed by atoms with Crippen molar-refractivity contribution in [3.63, 3.8) is 0 Å². The third kappa shape index (κ3) is 1.94. The van der Waals surface area contributed by atoms with Crippen molar-refractivity contribution in [1.82, 2.24) is 4.98 Å². The van der Waals surface area contributed by atoms with Crippen LogP contribution in [0.1, 0.15) is 24.0 Å². The number of carbonyl (C=O) groups is 1. The molecule has 2 nitrogen and oxygen atoms in total. The van der Waals surface area contributed by atoms with Crippen LogP contribution in [0.3, 0.4) is 0 Å². The van der Waals surface area contributed by atoms with Gasteiger partial charge in [0.15, 0.2) is 0 Å². The molecule has 0 bridgehead atoms. The summed E-state index contributed by atoms with van der Waals surface area (Å²) < 4.78 is 0. The molecular formula is C16H15NO. The van der Waals surface area contributed by atoms with E-state index >= 15 is 0 Å². The highest BCUT2D eigenvalue weighted by atomic mass is 16.1. The lowest BCUT2D eigenvalue weighted by Crippen LogP contribution is -2.22. The SMILES string of the molecule is O=C(Cc1cccnc1)C1(c2ccccc2)CC1. The molecule has 1 aromatic carbocycles. The number of ketones is 1. The minimum Gasteiger partial charge on any atom is -0.298 e. The molecule has 1 heterocycles. The Morgan fingerprint density at radius 3 is 2.50 bits per heavy atom. The van der Waals surface area contributed by atoms with Gasteiger partial charge in [-0.3, -0.25) is 9.78 Å². The van der Waals surface area contributed by atoms with Crippen molar-refractivity contribution >= 4 is 5.78 Å². The quantitative estimate of drug-likeness (QED) is 0.818. The van der Waals surface area contributed by atoms with Crippen LogP contribution in [0.15, 0.2) is 54.9 Å². The lowest BCUT2D eigenvalue weighted by molar-refractivity contribution is -0.120. The van der Waals surface area contributed by atoms with Crippen LogP contribution >= 0.6 is 0 Å². The first-order valence-electron chi connectivity index (χ1n) is 6.29. The van der Waals surface area contributed by atoms with E-state index in [2.05, 4.69) is 17.1 Å². The van der Waals surface area contributed by atoms with Gasteiger partial charge in [0.2, 0.25) is 0 Å². The summed E-state index contributed by atoms with van der Waals surface area (Å²) in [6, 6.07) is 14.0. The van der Waals surface area contributed by atoms with Gasteiger partial charge in [-0.1, -0.05) is 36.4 Å². The fourth-order valence-electron chi connectivity index (χ4n) is 2.47. The van der Waals surface area contributed by atoms with Crippen LogP contribution in [-0.4, -0.2) is 10.8 Å². The summed E-state index contributed by atoms with van der Waals surface area (Å²) >= 11 is 0. The Kier molecular flexibility index (Phi) is 2.71. The second-order valence-electron chi connectivity index (χ2n) is 4.91. The van der Waals surface area contributed by atoms with Crippen LogP contribution in [0.25, 0.3) is 0 Å². The fourth-order valence-corrected chi connectivity index (χ4v) is 2.47. The Labute approximate surface area is 107 Å². The van der Waals surface area contributed by atoms with Gasteiger partial charge in [0.25, 0.3) is 0 Å². The molecule has 0 unspecified atom stereocenters. The van der Waals surface area contributed by atoms with Crippen molar-refractivity contribution in [2.75, 3.05) is 0 Å². The predicted octanol–water partition coefficient (Wildman–Crippen LogP) is 2.93. The summed E-state index contributed by atoms with van der Waals surface area (Å²) in [6.45, 7) is 0. The molecule has 1 aliphatic carbocycles. The highest BCUT2D eigenvalue weighted by Gasteiger charge is 2.50. The molecule has 1 fully saturated rings. The van der Waals surface area contributed by atoms with E-state index in [1.165, 1.54) is 5.56 Å². The normalized spacial score (nSPS) is 16.2. The van der Waals surface area contributed by atoms with Gasteiger partial charge in [0, 0.05) is 18.8 Å². The summed E-state index contributed by atoms with van der Waals surface area (Å²) in [5.74, 6) is 0.321. The van der Waals surface area contributed by atoms with Gasteiger partial charge in [0.1, 0.15) is 5.78 Å². The van der Waals surface area contributed by atoms with Gasteiger partial charge in [-0.05, 0) is 30.0 Å². The van der Waals surface area contributed by atoms with Gasteiger partial charge in [-0.25, -0.2) is 0 Å². The number of Topliss-reactive ketones (excluding diaryl/α,β-unsaturated/α-hetero) is 1. The summed E-state index contributed by atoms with van der Waals surface area (Å²) in [6.07, 6.45) is 5.96. The third-order valence-electron chi connectivity index (χ3n) is 3.70. The first kappa shape index (κ1) is 11.1. The summed E-state index contributed by atoms with van der Waals surface area (Å²) in [5, 5.41) is 0. The van der Waals surface area contributed by atoms with Gasteiger partial charge in [0.05, 0.1) is 5.41 Å². The van der Waals surface area contributed by atoms with Crippen LogP contribution in [-0.2, 0) is 16.6 Å². The molecule has 0 spiro atoms. The van der Waals surface area contributed by atoms with Crippen LogP contribution in [0.2, 0.25) is 0 Å². The molecule has 0 radical (unpaired) electrons. The average Bonchev–Trinajstić information content (AvgIpc) is 3.22. The standard InChI is InChI=1S/C16H15NO/c18-15(11-13-5-4-10-17-12-13)16(8-9-16)14-6-2-1-3-7-14/h1-7,10,12H,8-9,11H2. The van der Waals surface area contributed by atoms with E-state index in [1.54, 1.807) is 12.4 Å². The number of pyridine rings is 1. The molecule has 3 rings (SSSR count). The van der Waals surface area contributed by atoms with Gasteiger partial charge < -0.3 is 0 Å². The van der Waals surface area contributed by atoms with Crippen molar-refractivity contribution in [3.05, 3.63) is 66.0 Å². The zero-order valence-electron chi connectivity index (χ0n) is 10.2. The maximum absolute atomic E-state index is 12.5. The zero-order valence-corrected chi connectivity index (χ0v) is 10.2. The Bertz CT molecular complexity index is 544. The van der Waals surface area contributed by atoms with Gasteiger partial charge in [-0.15, -0.1) is 0 Å². The van der Waals surface area contributed by atoms with Crippen molar-refractivity contribution < 1.29 is 4.79 Å². The minimum absolute atomic E-state index is 0.211. The molecular weight excluding hydrogens is 222 g/mol. The lowest BCUT2D eigenvalue weighted by atomic mass is 9.88. The molecule has 1 aliphatic rings. The molecule has 2 heteroatoms. The molecule has 2 aromatic rings. The number of carbonyl (C=O) groups excluding carboxylic acids is 1. The second-order valence-corrected chi connectivity index (χ2v) is 4.91. The summed E-state index contributed by atoms with van der Waals surface area (Å²) in [7, 11) is 0. The Balaban J connectivity index is 1.81. The number of benzene rings is 1. The van der Waals surface area contributed by atoms with E-state index < -0.39 is 0 Å². The Morgan fingerprint density at radius 1 is 1.11 bits per heavy atom. The van der Waals surface area contributed by atoms with Crippen molar-refractivity contribution in [1.29, 1.82) is 0 Å². The van der Waals surface area contributed by atoms with Crippen LogP contribution < -0.4 is 0 Å².